The Kier molecular flexibility index (Phi) is 4.54. The highest BCUT2D eigenvalue weighted by Gasteiger charge is 2.33. The summed E-state index contributed by atoms with van der Waals surface area (Å²) in [6.45, 7) is 3.80. The highest BCUT2D eigenvalue weighted by Crippen LogP contribution is 2.22. The van der Waals surface area contributed by atoms with Crippen molar-refractivity contribution in [1.82, 2.24) is 9.62 Å². The van der Waals surface area contributed by atoms with Crippen LogP contribution in [0, 0.1) is 5.92 Å². The zero-order valence-electron chi connectivity index (χ0n) is 11.2. The number of rotatable bonds is 2. The van der Waals surface area contributed by atoms with E-state index in [0.717, 1.165) is 0 Å². The fourth-order valence-corrected chi connectivity index (χ4v) is 5.79. The molecule has 0 aromatic rings. The fourth-order valence-electron chi connectivity index (χ4n) is 2.60. The molecule has 2 fully saturated rings. The van der Waals surface area contributed by atoms with Gasteiger partial charge in [-0.1, -0.05) is 0 Å². The summed E-state index contributed by atoms with van der Waals surface area (Å²) in [5.41, 5.74) is 0. The van der Waals surface area contributed by atoms with Crippen LogP contribution < -0.4 is 5.32 Å². The second-order valence-electron chi connectivity index (χ2n) is 5.51. The minimum atomic E-state index is -3.25. The van der Waals surface area contributed by atoms with Crippen LogP contribution in [0.5, 0.6) is 0 Å². The van der Waals surface area contributed by atoms with Crippen molar-refractivity contribution in [2.75, 3.05) is 37.7 Å². The van der Waals surface area contributed by atoms with Gasteiger partial charge in [-0.3, -0.25) is 0 Å². The molecule has 2 aliphatic heterocycles. The highest BCUT2D eigenvalue weighted by atomic mass is 32.2. The van der Waals surface area contributed by atoms with Gasteiger partial charge < -0.3 is 5.32 Å². The van der Waals surface area contributed by atoms with Crippen LogP contribution in [0.3, 0.4) is 0 Å². The van der Waals surface area contributed by atoms with Crippen LogP contribution in [0.2, 0.25) is 0 Å². The van der Waals surface area contributed by atoms with E-state index in [0.29, 0.717) is 39.0 Å². The van der Waals surface area contributed by atoms with E-state index in [1.54, 1.807) is 11.2 Å². The monoisotopic (exact) mass is 310 g/mol. The van der Waals surface area contributed by atoms with E-state index in [4.69, 9.17) is 0 Å². The molecule has 0 spiro atoms. The van der Waals surface area contributed by atoms with Gasteiger partial charge >= 0.3 is 0 Å². The Balaban J connectivity index is 2.01. The second-order valence-corrected chi connectivity index (χ2v) is 10.2. The Bertz CT molecular complexity index is 501. The summed E-state index contributed by atoms with van der Waals surface area (Å²) in [6, 6.07) is 0. The summed E-state index contributed by atoms with van der Waals surface area (Å²) in [4.78, 5) is 0. The Hall–Kier alpha value is -0.180. The lowest BCUT2D eigenvalue weighted by Gasteiger charge is -2.29. The van der Waals surface area contributed by atoms with Crippen molar-refractivity contribution in [3.63, 3.8) is 0 Å². The zero-order valence-corrected chi connectivity index (χ0v) is 12.8. The molecular weight excluding hydrogens is 288 g/mol. The van der Waals surface area contributed by atoms with Gasteiger partial charge in [0.1, 0.15) is 9.84 Å². The molecule has 8 heteroatoms. The van der Waals surface area contributed by atoms with Gasteiger partial charge in [-0.05, 0) is 25.7 Å². The van der Waals surface area contributed by atoms with Gasteiger partial charge in [0, 0.05) is 26.2 Å². The Labute approximate surface area is 115 Å². The van der Waals surface area contributed by atoms with E-state index >= 15 is 0 Å². The molecule has 2 aliphatic rings. The van der Waals surface area contributed by atoms with Gasteiger partial charge in [0.25, 0.3) is 0 Å². The SMILES string of the molecule is CC1CNCCN(CC2CCS(=O)(=O)CC2)S1(=O)=O. The van der Waals surface area contributed by atoms with Crippen LogP contribution in [0.15, 0.2) is 0 Å². The second kappa shape index (κ2) is 5.67. The minimum absolute atomic E-state index is 0.170. The molecule has 0 aromatic heterocycles. The minimum Gasteiger partial charge on any atom is -0.314 e. The molecule has 112 valence electrons. The van der Waals surface area contributed by atoms with Crippen LogP contribution in [0.1, 0.15) is 19.8 Å². The van der Waals surface area contributed by atoms with Gasteiger partial charge in [-0.2, -0.15) is 0 Å². The molecule has 19 heavy (non-hydrogen) atoms. The summed E-state index contributed by atoms with van der Waals surface area (Å²) in [5.74, 6) is 0.558. The molecule has 6 nitrogen and oxygen atoms in total. The van der Waals surface area contributed by atoms with Crippen molar-refractivity contribution < 1.29 is 16.8 Å². The average molecular weight is 310 g/mol. The molecule has 1 N–H and O–H groups in total. The molecule has 0 saturated carbocycles. The van der Waals surface area contributed by atoms with Crippen LogP contribution >= 0.6 is 0 Å². The normalized spacial score (nSPS) is 32.8. The third-order valence-electron chi connectivity index (χ3n) is 3.97. The van der Waals surface area contributed by atoms with Gasteiger partial charge in [-0.25, -0.2) is 21.1 Å². The number of nitrogens with zero attached hydrogens (tertiary/aromatic N) is 1. The van der Waals surface area contributed by atoms with Crippen molar-refractivity contribution in [3.05, 3.63) is 0 Å². The summed E-state index contributed by atoms with van der Waals surface area (Å²) >= 11 is 0. The molecule has 1 atom stereocenters. The van der Waals surface area contributed by atoms with Crippen LogP contribution in [-0.4, -0.2) is 64.1 Å². The number of hydrogen-bond donors (Lipinski definition) is 1. The van der Waals surface area contributed by atoms with Crippen LogP contribution in [-0.2, 0) is 19.9 Å². The lowest BCUT2D eigenvalue weighted by molar-refractivity contribution is 0.328. The number of sulfonamides is 1. The quantitative estimate of drug-likeness (QED) is 0.739. The van der Waals surface area contributed by atoms with E-state index in [2.05, 4.69) is 5.32 Å². The predicted molar refractivity (Wildman–Crippen MR) is 74.2 cm³/mol. The first-order valence-electron chi connectivity index (χ1n) is 6.71. The van der Waals surface area contributed by atoms with Crippen molar-refractivity contribution in [2.45, 2.75) is 25.0 Å². The summed E-state index contributed by atoms with van der Waals surface area (Å²) < 4.78 is 48.9. The van der Waals surface area contributed by atoms with Gasteiger partial charge in [0.05, 0.1) is 16.8 Å². The lowest BCUT2D eigenvalue weighted by Crippen LogP contribution is -2.42. The van der Waals surface area contributed by atoms with Gasteiger partial charge in [0.2, 0.25) is 10.0 Å². The molecule has 0 aromatic carbocycles. The first-order chi connectivity index (χ1) is 8.81. The standard InChI is InChI=1S/C11H22N2O4S2/c1-10-8-12-4-5-13(19(10,16)17)9-11-2-6-18(14,15)7-3-11/h10-12H,2-9H2,1H3. The molecule has 1 unspecified atom stereocenters. The molecular formula is C11H22N2O4S2. The lowest BCUT2D eigenvalue weighted by atomic mass is 10.0. The fraction of sp³-hybridized carbons (Fsp3) is 1.00. The maximum Gasteiger partial charge on any atom is 0.218 e. The summed E-state index contributed by atoms with van der Waals surface area (Å²) in [5, 5.41) is 2.70. The number of nitrogens with one attached hydrogen (secondary N) is 1. The number of hydrogen-bond acceptors (Lipinski definition) is 5. The molecule has 0 amide bonds. The Morgan fingerprint density at radius 2 is 1.79 bits per heavy atom. The predicted octanol–water partition coefficient (Wildman–Crippen LogP) is -0.565. The van der Waals surface area contributed by atoms with Crippen molar-refractivity contribution in [2.24, 2.45) is 5.92 Å². The number of sulfone groups is 1. The summed E-state index contributed by atoms with van der Waals surface area (Å²) in [6.07, 6.45) is 1.16. The zero-order chi connectivity index (χ0) is 14.1. The Morgan fingerprint density at radius 1 is 1.16 bits per heavy atom. The van der Waals surface area contributed by atoms with E-state index in [9.17, 15) is 16.8 Å². The van der Waals surface area contributed by atoms with E-state index < -0.39 is 25.1 Å². The first kappa shape index (κ1) is 15.2. The van der Waals surface area contributed by atoms with E-state index in [1.165, 1.54) is 0 Å². The maximum absolute atomic E-state index is 12.3. The molecule has 2 heterocycles. The molecule has 2 rings (SSSR count). The first-order valence-corrected chi connectivity index (χ1v) is 10.0. The van der Waals surface area contributed by atoms with Gasteiger partial charge in [0.15, 0.2) is 0 Å². The molecule has 0 aliphatic carbocycles. The smallest absolute Gasteiger partial charge is 0.218 e. The Morgan fingerprint density at radius 3 is 2.42 bits per heavy atom. The third-order valence-corrected chi connectivity index (χ3v) is 7.92. The van der Waals surface area contributed by atoms with Crippen LogP contribution in [0.4, 0.5) is 0 Å². The third kappa shape index (κ3) is 3.68. The molecule has 2 saturated heterocycles. The molecule has 0 bridgehead atoms. The molecule has 0 radical (unpaired) electrons. The van der Waals surface area contributed by atoms with Crippen molar-refractivity contribution >= 4 is 19.9 Å². The van der Waals surface area contributed by atoms with Crippen molar-refractivity contribution in [3.8, 4) is 0 Å². The van der Waals surface area contributed by atoms with E-state index in [1.807, 2.05) is 0 Å². The highest BCUT2D eigenvalue weighted by molar-refractivity contribution is 7.91. The average Bonchev–Trinajstić information content (AvgIpc) is 2.45. The van der Waals surface area contributed by atoms with Crippen LogP contribution in [0.25, 0.3) is 0 Å². The van der Waals surface area contributed by atoms with Crippen molar-refractivity contribution in [1.29, 1.82) is 0 Å². The summed E-state index contributed by atoms with van der Waals surface area (Å²) in [7, 11) is -6.13. The topological polar surface area (TPSA) is 83.6 Å². The van der Waals surface area contributed by atoms with Gasteiger partial charge in [-0.15, -0.1) is 0 Å². The van der Waals surface area contributed by atoms with E-state index in [-0.39, 0.29) is 17.4 Å². The largest absolute Gasteiger partial charge is 0.314 e. The maximum atomic E-state index is 12.3.